The Morgan fingerprint density at radius 1 is 1.33 bits per heavy atom. The lowest BCUT2D eigenvalue weighted by atomic mass is 10.1. The molecular weight excluding hydrogens is 226 g/mol. The summed E-state index contributed by atoms with van der Waals surface area (Å²) < 4.78 is 11.3. The third-order valence-electron chi connectivity index (χ3n) is 3.27. The fourth-order valence-electron chi connectivity index (χ4n) is 2.28. The second-order valence-corrected chi connectivity index (χ2v) is 4.80. The first-order valence-corrected chi connectivity index (χ1v) is 6.86. The van der Waals surface area contributed by atoms with Gasteiger partial charge < -0.3 is 14.8 Å². The van der Waals surface area contributed by atoms with Gasteiger partial charge in [0.1, 0.15) is 5.75 Å². The van der Waals surface area contributed by atoms with Gasteiger partial charge in [-0.3, -0.25) is 0 Å². The van der Waals surface area contributed by atoms with Crippen LogP contribution in [0.4, 0.5) is 0 Å². The van der Waals surface area contributed by atoms with Crippen LogP contribution in [0, 0.1) is 0 Å². The first-order valence-electron chi connectivity index (χ1n) is 6.86. The van der Waals surface area contributed by atoms with Gasteiger partial charge in [-0.25, -0.2) is 0 Å². The predicted molar refractivity (Wildman–Crippen MR) is 72.9 cm³/mol. The van der Waals surface area contributed by atoms with E-state index in [1.165, 1.54) is 18.4 Å². The van der Waals surface area contributed by atoms with E-state index in [-0.39, 0.29) is 0 Å². The highest BCUT2D eigenvalue weighted by molar-refractivity contribution is 5.27. The summed E-state index contributed by atoms with van der Waals surface area (Å²) in [4.78, 5) is 0. The van der Waals surface area contributed by atoms with Gasteiger partial charge in [0, 0.05) is 13.2 Å². The molecule has 0 aliphatic carbocycles. The highest BCUT2D eigenvalue weighted by Gasteiger charge is 2.14. The maximum Gasteiger partial charge on any atom is 0.119 e. The minimum Gasteiger partial charge on any atom is -0.494 e. The van der Waals surface area contributed by atoms with E-state index >= 15 is 0 Å². The van der Waals surface area contributed by atoms with E-state index in [4.69, 9.17) is 9.47 Å². The van der Waals surface area contributed by atoms with E-state index < -0.39 is 0 Å². The Morgan fingerprint density at radius 2 is 2.17 bits per heavy atom. The fourth-order valence-corrected chi connectivity index (χ4v) is 2.28. The molecule has 0 bridgehead atoms. The lowest BCUT2D eigenvalue weighted by Crippen LogP contribution is -2.08. The highest BCUT2D eigenvalue weighted by atomic mass is 16.5. The molecule has 1 atom stereocenters. The molecule has 0 radical (unpaired) electrons. The summed E-state index contributed by atoms with van der Waals surface area (Å²) in [5.41, 5.74) is 1.28. The summed E-state index contributed by atoms with van der Waals surface area (Å²) in [6, 6.07) is 8.29. The zero-order valence-corrected chi connectivity index (χ0v) is 11.2. The third-order valence-corrected chi connectivity index (χ3v) is 3.27. The van der Waals surface area contributed by atoms with Crippen LogP contribution in [0.25, 0.3) is 0 Å². The van der Waals surface area contributed by atoms with Crippen molar-refractivity contribution < 1.29 is 9.47 Å². The summed E-state index contributed by atoms with van der Waals surface area (Å²) >= 11 is 0. The number of hydrogen-bond donors (Lipinski definition) is 1. The van der Waals surface area contributed by atoms with E-state index in [2.05, 4.69) is 17.4 Å². The molecule has 1 fully saturated rings. The smallest absolute Gasteiger partial charge is 0.119 e. The minimum atomic E-state index is 0.478. The average Bonchev–Trinajstić information content (AvgIpc) is 2.90. The second kappa shape index (κ2) is 7.39. The van der Waals surface area contributed by atoms with Crippen LogP contribution in [0.5, 0.6) is 5.75 Å². The van der Waals surface area contributed by atoms with Crippen molar-refractivity contribution >= 4 is 0 Å². The normalized spacial score (nSPS) is 19.1. The largest absolute Gasteiger partial charge is 0.494 e. The molecule has 1 aliphatic rings. The molecule has 1 aliphatic heterocycles. The SMILES string of the molecule is CNCc1ccc(OCCCC2CCCO2)cc1. The Kier molecular flexibility index (Phi) is 5.49. The van der Waals surface area contributed by atoms with Crippen molar-refractivity contribution in [2.45, 2.75) is 38.3 Å². The quantitative estimate of drug-likeness (QED) is 0.754. The second-order valence-electron chi connectivity index (χ2n) is 4.80. The van der Waals surface area contributed by atoms with Crippen molar-refractivity contribution in [3.8, 4) is 5.75 Å². The van der Waals surface area contributed by atoms with Crippen LogP contribution < -0.4 is 10.1 Å². The molecule has 100 valence electrons. The van der Waals surface area contributed by atoms with Gasteiger partial charge in [-0.2, -0.15) is 0 Å². The van der Waals surface area contributed by atoms with Gasteiger partial charge in [0.2, 0.25) is 0 Å². The average molecular weight is 249 g/mol. The van der Waals surface area contributed by atoms with Gasteiger partial charge in [0.05, 0.1) is 12.7 Å². The lowest BCUT2D eigenvalue weighted by molar-refractivity contribution is 0.0981. The Hall–Kier alpha value is -1.06. The molecule has 1 aromatic carbocycles. The van der Waals surface area contributed by atoms with Crippen molar-refractivity contribution in [2.24, 2.45) is 0 Å². The Morgan fingerprint density at radius 3 is 2.83 bits per heavy atom. The summed E-state index contributed by atoms with van der Waals surface area (Å²) in [5.74, 6) is 0.960. The van der Waals surface area contributed by atoms with Gasteiger partial charge in [-0.1, -0.05) is 12.1 Å². The first kappa shape index (κ1) is 13.4. The van der Waals surface area contributed by atoms with Crippen LogP contribution in [0.3, 0.4) is 0 Å². The minimum absolute atomic E-state index is 0.478. The van der Waals surface area contributed by atoms with Gasteiger partial charge >= 0.3 is 0 Å². The molecule has 3 heteroatoms. The predicted octanol–water partition coefficient (Wildman–Crippen LogP) is 2.74. The molecule has 0 saturated carbocycles. The monoisotopic (exact) mass is 249 g/mol. The number of benzene rings is 1. The van der Waals surface area contributed by atoms with Crippen LogP contribution in [0.1, 0.15) is 31.2 Å². The Labute approximate surface area is 109 Å². The number of ether oxygens (including phenoxy) is 2. The molecule has 18 heavy (non-hydrogen) atoms. The number of hydrogen-bond acceptors (Lipinski definition) is 3. The van der Waals surface area contributed by atoms with Crippen LogP contribution in [-0.4, -0.2) is 26.4 Å². The molecule has 1 heterocycles. The van der Waals surface area contributed by atoms with Crippen LogP contribution in [0.15, 0.2) is 24.3 Å². The molecule has 2 rings (SSSR count). The zero-order chi connectivity index (χ0) is 12.6. The van der Waals surface area contributed by atoms with E-state index in [9.17, 15) is 0 Å². The Balaban J connectivity index is 1.63. The maximum atomic E-state index is 5.72. The van der Waals surface area contributed by atoms with Gasteiger partial charge in [0.25, 0.3) is 0 Å². The highest BCUT2D eigenvalue weighted by Crippen LogP contribution is 2.17. The third kappa shape index (κ3) is 4.31. The molecule has 3 nitrogen and oxygen atoms in total. The standard InChI is InChI=1S/C15H23NO2/c1-16-12-13-6-8-15(9-7-13)18-11-3-5-14-4-2-10-17-14/h6-9,14,16H,2-5,10-12H2,1H3. The molecular formula is C15H23NO2. The van der Waals surface area contributed by atoms with Gasteiger partial charge in [-0.15, -0.1) is 0 Å². The molecule has 0 amide bonds. The molecule has 0 aromatic heterocycles. The van der Waals surface area contributed by atoms with Crippen molar-refractivity contribution in [1.29, 1.82) is 0 Å². The van der Waals surface area contributed by atoms with Gasteiger partial charge in [-0.05, 0) is 50.4 Å². The van der Waals surface area contributed by atoms with E-state index in [1.807, 2.05) is 19.2 Å². The van der Waals surface area contributed by atoms with E-state index in [1.54, 1.807) is 0 Å². The van der Waals surface area contributed by atoms with E-state index in [0.29, 0.717) is 6.10 Å². The molecule has 1 unspecified atom stereocenters. The van der Waals surface area contributed by atoms with Crippen LogP contribution >= 0.6 is 0 Å². The fraction of sp³-hybridized carbons (Fsp3) is 0.600. The van der Waals surface area contributed by atoms with Crippen molar-refractivity contribution in [3.05, 3.63) is 29.8 Å². The summed E-state index contributed by atoms with van der Waals surface area (Å²) in [7, 11) is 1.95. The molecule has 1 aromatic rings. The summed E-state index contributed by atoms with van der Waals surface area (Å²) in [6.07, 6.45) is 5.12. The molecule has 0 spiro atoms. The maximum absolute atomic E-state index is 5.72. The lowest BCUT2D eigenvalue weighted by Gasteiger charge is -2.10. The summed E-state index contributed by atoms with van der Waals surface area (Å²) in [6.45, 7) is 2.63. The van der Waals surface area contributed by atoms with Crippen LogP contribution in [-0.2, 0) is 11.3 Å². The van der Waals surface area contributed by atoms with Crippen molar-refractivity contribution in [2.75, 3.05) is 20.3 Å². The topological polar surface area (TPSA) is 30.5 Å². The van der Waals surface area contributed by atoms with E-state index in [0.717, 1.165) is 38.3 Å². The zero-order valence-electron chi connectivity index (χ0n) is 11.2. The number of nitrogens with one attached hydrogen (secondary N) is 1. The number of rotatable bonds is 7. The van der Waals surface area contributed by atoms with Crippen molar-refractivity contribution in [3.63, 3.8) is 0 Å². The molecule has 1 N–H and O–H groups in total. The van der Waals surface area contributed by atoms with Crippen LogP contribution in [0.2, 0.25) is 0 Å². The molecule has 1 saturated heterocycles. The summed E-state index contributed by atoms with van der Waals surface area (Å²) in [5, 5.41) is 3.13. The van der Waals surface area contributed by atoms with Crippen molar-refractivity contribution in [1.82, 2.24) is 5.32 Å². The Bertz CT molecular complexity index is 331. The first-order chi connectivity index (χ1) is 8.88. The van der Waals surface area contributed by atoms with Gasteiger partial charge in [0.15, 0.2) is 0 Å².